The van der Waals surface area contributed by atoms with Crippen LogP contribution in [0.3, 0.4) is 0 Å². The van der Waals surface area contributed by atoms with E-state index >= 15 is 0 Å². The molecule has 18 heavy (non-hydrogen) atoms. The van der Waals surface area contributed by atoms with Gasteiger partial charge in [0.15, 0.2) is 5.82 Å². The Balaban J connectivity index is 3.10. The molecule has 1 aromatic carbocycles. The second-order valence-corrected chi connectivity index (χ2v) is 11.0. The van der Waals surface area contributed by atoms with E-state index in [1.54, 1.807) is 13.1 Å². The summed E-state index contributed by atoms with van der Waals surface area (Å²) in [5, 5.41) is 3.33. The molecule has 1 aromatic rings. The second-order valence-electron chi connectivity index (χ2n) is 5.87. The molecule has 0 aliphatic carbocycles. The van der Waals surface area contributed by atoms with Gasteiger partial charge >= 0.3 is 0 Å². The zero-order valence-corrected chi connectivity index (χ0v) is 13.6. The van der Waals surface area contributed by atoms with Crippen molar-refractivity contribution in [2.75, 3.05) is 12.4 Å². The summed E-state index contributed by atoms with van der Waals surface area (Å²) in [6, 6.07) is 2.91. The molecule has 0 radical (unpaired) electrons. The van der Waals surface area contributed by atoms with Gasteiger partial charge in [-0.3, -0.25) is 0 Å². The van der Waals surface area contributed by atoms with Crippen molar-refractivity contribution in [3.8, 4) is 5.75 Å². The minimum Gasteiger partial charge on any atom is -0.542 e. The van der Waals surface area contributed by atoms with Crippen LogP contribution in [0.15, 0.2) is 12.1 Å². The molecule has 0 heterocycles. The SMILES string of the molecule is CNc1cc(F)c(O[Si](C)(C)C(C)(C)C)cc1Cl. The van der Waals surface area contributed by atoms with Gasteiger partial charge in [0, 0.05) is 19.2 Å². The molecule has 0 unspecified atom stereocenters. The number of hydrogen-bond acceptors (Lipinski definition) is 2. The molecule has 1 rings (SSSR count). The highest BCUT2D eigenvalue weighted by Gasteiger charge is 2.39. The Labute approximate surface area is 115 Å². The maximum atomic E-state index is 13.9. The first-order chi connectivity index (χ1) is 8.08. The van der Waals surface area contributed by atoms with Crippen LogP contribution in [-0.2, 0) is 0 Å². The zero-order valence-electron chi connectivity index (χ0n) is 11.8. The summed E-state index contributed by atoms with van der Waals surface area (Å²) >= 11 is 6.05. The van der Waals surface area contributed by atoms with Crippen molar-refractivity contribution in [3.63, 3.8) is 0 Å². The fourth-order valence-electron chi connectivity index (χ4n) is 1.23. The van der Waals surface area contributed by atoms with Crippen molar-refractivity contribution >= 4 is 25.6 Å². The molecule has 0 spiro atoms. The van der Waals surface area contributed by atoms with Gasteiger partial charge in [0.25, 0.3) is 8.32 Å². The van der Waals surface area contributed by atoms with Crippen LogP contribution in [0.2, 0.25) is 23.2 Å². The fourth-order valence-corrected chi connectivity index (χ4v) is 2.49. The molecule has 0 aliphatic rings. The van der Waals surface area contributed by atoms with Gasteiger partial charge in [0.05, 0.1) is 10.7 Å². The Morgan fingerprint density at radius 1 is 1.28 bits per heavy atom. The molecule has 0 saturated heterocycles. The average molecular weight is 290 g/mol. The summed E-state index contributed by atoms with van der Waals surface area (Å²) in [4.78, 5) is 0. The molecule has 0 saturated carbocycles. The van der Waals surface area contributed by atoms with Crippen LogP contribution in [0.1, 0.15) is 20.8 Å². The van der Waals surface area contributed by atoms with Crippen LogP contribution in [0.25, 0.3) is 0 Å². The Kier molecular flexibility index (Phi) is 4.33. The maximum Gasteiger partial charge on any atom is 0.250 e. The number of anilines is 1. The second kappa shape index (κ2) is 5.09. The first kappa shape index (κ1) is 15.3. The molecule has 1 N–H and O–H groups in total. The summed E-state index contributed by atoms with van der Waals surface area (Å²) in [6.45, 7) is 10.5. The molecule has 102 valence electrons. The predicted octanol–water partition coefficient (Wildman–Crippen LogP) is 4.90. The zero-order chi connectivity index (χ0) is 14.1. The summed E-state index contributed by atoms with van der Waals surface area (Å²) in [5.41, 5.74) is 0.566. The lowest BCUT2D eigenvalue weighted by molar-refractivity contribution is 0.457. The molecule has 0 aliphatic heterocycles. The summed E-state index contributed by atoms with van der Waals surface area (Å²) in [7, 11) is -0.343. The van der Waals surface area contributed by atoms with E-state index < -0.39 is 8.32 Å². The Morgan fingerprint density at radius 3 is 2.28 bits per heavy atom. The third-order valence-corrected chi connectivity index (χ3v) is 8.12. The number of benzene rings is 1. The minimum absolute atomic E-state index is 0.0214. The summed E-state index contributed by atoms with van der Waals surface area (Å²) in [5.74, 6) is -0.140. The van der Waals surface area contributed by atoms with E-state index in [2.05, 4.69) is 39.2 Å². The Morgan fingerprint density at radius 2 is 1.83 bits per heavy atom. The van der Waals surface area contributed by atoms with Crippen molar-refractivity contribution in [2.24, 2.45) is 0 Å². The number of hydrogen-bond donors (Lipinski definition) is 1. The predicted molar refractivity (Wildman–Crippen MR) is 78.8 cm³/mol. The van der Waals surface area contributed by atoms with Crippen LogP contribution in [0.4, 0.5) is 10.1 Å². The monoisotopic (exact) mass is 289 g/mol. The van der Waals surface area contributed by atoms with Gasteiger partial charge in [-0.25, -0.2) is 4.39 Å². The average Bonchev–Trinajstić information content (AvgIpc) is 2.21. The van der Waals surface area contributed by atoms with Crippen LogP contribution >= 0.6 is 11.6 Å². The van der Waals surface area contributed by atoms with Gasteiger partial charge in [-0.05, 0) is 18.1 Å². The number of rotatable bonds is 3. The third kappa shape index (κ3) is 3.17. The van der Waals surface area contributed by atoms with E-state index in [0.717, 1.165) is 0 Å². The van der Waals surface area contributed by atoms with Crippen molar-refractivity contribution in [2.45, 2.75) is 38.9 Å². The number of nitrogens with one attached hydrogen (secondary N) is 1. The number of halogens is 2. The van der Waals surface area contributed by atoms with Crippen molar-refractivity contribution in [3.05, 3.63) is 23.0 Å². The fraction of sp³-hybridized carbons (Fsp3) is 0.538. The smallest absolute Gasteiger partial charge is 0.250 e. The van der Waals surface area contributed by atoms with Crippen molar-refractivity contribution < 1.29 is 8.82 Å². The van der Waals surface area contributed by atoms with Gasteiger partial charge in [-0.15, -0.1) is 0 Å². The van der Waals surface area contributed by atoms with Gasteiger partial charge in [0.1, 0.15) is 5.75 Å². The van der Waals surface area contributed by atoms with E-state index in [-0.39, 0.29) is 16.6 Å². The quantitative estimate of drug-likeness (QED) is 0.799. The largest absolute Gasteiger partial charge is 0.542 e. The van der Waals surface area contributed by atoms with E-state index in [1.165, 1.54) is 6.07 Å². The lowest BCUT2D eigenvalue weighted by atomic mass is 10.2. The van der Waals surface area contributed by atoms with E-state index in [1.807, 2.05) is 0 Å². The normalized spacial score (nSPS) is 12.4. The molecule has 0 atom stereocenters. The first-order valence-corrected chi connectivity index (χ1v) is 9.23. The summed E-state index contributed by atoms with van der Waals surface area (Å²) in [6.07, 6.45) is 0. The Hall–Kier alpha value is -0.743. The Bertz CT molecular complexity index is 443. The van der Waals surface area contributed by atoms with Crippen LogP contribution in [0, 0.1) is 5.82 Å². The molecule has 0 bridgehead atoms. The van der Waals surface area contributed by atoms with E-state index in [4.69, 9.17) is 16.0 Å². The lowest BCUT2D eigenvalue weighted by Crippen LogP contribution is -2.44. The third-order valence-electron chi connectivity index (χ3n) is 3.46. The first-order valence-electron chi connectivity index (χ1n) is 5.94. The highest BCUT2D eigenvalue weighted by atomic mass is 35.5. The van der Waals surface area contributed by atoms with Gasteiger partial charge < -0.3 is 9.74 Å². The lowest BCUT2D eigenvalue weighted by Gasteiger charge is -2.36. The van der Waals surface area contributed by atoms with Gasteiger partial charge in [-0.2, -0.15) is 0 Å². The molecule has 2 nitrogen and oxygen atoms in total. The topological polar surface area (TPSA) is 21.3 Å². The highest BCUT2D eigenvalue weighted by molar-refractivity contribution is 6.74. The molecule has 0 fully saturated rings. The van der Waals surface area contributed by atoms with Crippen LogP contribution in [-0.4, -0.2) is 15.4 Å². The summed E-state index contributed by atoms with van der Waals surface area (Å²) < 4.78 is 19.9. The standard InChI is InChI=1S/C13H21ClFNOSi/c1-13(2,3)18(5,6)17-12-7-9(14)11(16-4)8-10(12)15/h7-8,16H,1-6H3. The minimum atomic E-state index is -2.05. The van der Waals surface area contributed by atoms with Crippen molar-refractivity contribution in [1.82, 2.24) is 0 Å². The maximum absolute atomic E-state index is 13.9. The van der Waals surface area contributed by atoms with Crippen LogP contribution in [0.5, 0.6) is 5.75 Å². The van der Waals surface area contributed by atoms with Crippen molar-refractivity contribution in [1.29, 1.82) is 0 Å². The highest BCUT2D eigenvalue weighted by Crippen LogP contribution is 2.39. The molecule has 5 heteroatoms. The van der Waals surface area contributed by atoms with Gasteiger partial charge in [-0.1, -0.05) is 32.4 Å². The van der Waals surface area contributed by atoms with Crippen LogP contribution < -0.4 is 9.74 Å². The van der Waals surface area contributed by atoms with Gasteiger partial charge in [0.2, 0.25) is 0 Å². The molecule has 0 aromatic heterocycles. The van der Waals surface area contributed by atoms with E-state index in [0.29, 0.717) is 10.7 Å². The molecular formula is C13H21ClFNOSi. The molecule has 0 amide bonds. The molecular weight excluding hydrogens is 269 g/mol. The van der Waals surface area contributed by atoms with E-state index in [9.17, 15) is 4.39 Å².